The molecule has 1 rings (SSSR count). The second kappa shape index (κ2) is 6.87. The van der Waals surface area contributed by atoms with Crippen molar-refractivity contribution in [1.29, 1.82) is 5.26 Å². The maximum Gasteiger partial charge on any atom is 0.243 e. The Morgan fingerprint density at radius 1 is 1.35 bits per heavy atom. The third kappa shape index (κ3) is 3.59. The smallest absolute Gasteiger partial charge is 0.207 e. The Bertz CT molecular complexity index is 603. The van der Waals surface area contributed by atoms with E-state index >= 15 is 0 Å². The summed E-state index contributed by atoms with van der Waals surface area (Å²) in [6, 6.07) is 6.78. The van der Waals surface area contributed by atoms with Gasteiger partial charge in [-0.05, 0) is 30.5 Å². The van der Waals surface area contributed by atoms with Gasteiger partial charge in [0.15, 0.2) is 0 Å². The molecule has 5 heteroatoms. The summed E-state index contributed by atoms with van der Waals surface area (Å²) >= 11 is 0. The van der Waals surface area contributed by atoms with Crippen molar-refractivity contribution in [2.45, 2.75) is 39.0 Å². The summed E-state index contributed by atoms with van der Waals surface area (Å²) in [7, 11) is -3.54. The van der Waals surface area contributed by atoms with Gasteiger partial charge in [0.1, 0.15) is 0 Å². The Morgan fingerprint density at radius 2 is 2.00 bits per heavy atom. The number of hydrogen-bond acceptors (Lipinski definition) is 3. The van der Waals surface area contributed by atoms with E-state index in [4.69, 9.17) is 5.26 Å². The van der Waals surface area contributed by atoms with Crippen molar-refractivity contribution in [3.05, 3.63) is 29.3 Å². The highest BCUT2D eigenvalue weighted by Crippen LogP contribution is 2.22. The number of sulfonamides is 1. The highest BCUT2D eigenvalue weighted by atomic mass is 32.2. The van der Waals surface area contributed by atoms with Gasteiger partial charge in [0.05, 0.1) is 16.5 Å². The first-order chi connectivity index (χ1) is 9.36. The zero-order valence-electron chi connectivity index (χ0n) is 12.5. The molecule has 1 atom stereocenters. The number of aryl methyl sites for hydroxylation is 1. The minimum Gasteiger partial charge on any atom is -0.207 e. The molecule has 0 spiro atoms. The summed E-state index contributed by atoms with van der Waals surface area (Å²) < 4.78 is 26.9. The number of benzene rings is 1. The molecule has 0 aliphatic heterocycles. The van der Waals surface area contributed by atoms with Gasteiger partial charge in [-0.1, -0.05) is 33.3 Å². The third-order valence-corrected chi connectivity index (χ3v) is 5.58. The van der Waals surface area contributed by atoms with Crippen molar-refractivity contribution >= 4 is 10.0 Å². The highest BCUT2D eigenvalue weighted by Gasteiger charge is 2.26. The Labute approximate surface area is 122 Å². The van der Waals surface area contributed by atoms with Crippen LogP contribution in [0.1, 0.15) is 38.3 Å². The van der Waals surface area contributed by atoms with E-state index in [0.717, 1.165) is 6.42 Å². The standard InChI is InChI=1S/C15H22N2O2S/c1-5-12(3)11-17(6-2)20(18,19)15-9-14(10-16)8-7-13(15)4/h7-9,12H,5-6,11H2,1-4H3. The lowest BCUT2D eigenvalue weighted by atomic mass is 10.1. The van der Waals surface area contributed by atoms with Gasteiger partial charge in [-0.15, -0.1) is 0 Å². The SMILES string of the molecule is CCC(C)CN(CC)S(=O)(=O)c1cc(C#N)ccc1C. The maximum absolute atomic E-state index is 12.7. The minimum atomic E-state index is -3.54. The fraction of sp³-hybridized carbons (Fsp3) is 0.533. The van der Waals surface area contributed by atoms with Gasteiger partial charge in [0, 0.05) is 13.1 Å². The van der Waals surface area contributed by atoms with Crippen LogP contribution in [0.5, 0.6) is 0 Å². The van der Waals surface area contributed by atoms with E-state index in [1.807, 2.05) is 26.8 Å². The van der Waals surface area contributed by atoms with Crippen LogP contribution in [-0.2, 0) is 10.0 Å². The molecule has 0 N–H and O–H groups in total. The lowest BCUT2D eigenvalue weighted by Gasteiger charge is -2.24. The molecule has 0 aliphatic rings. The quantitative estimate of drug-likeness (QED) is 0.810. The van der Waals surface area contributed by atoms with E-state index in [1.165, 1.54) is 10.4 Å². The van der Waals surface area contributed by atoms with Gasteiger partial charge in [-0.25, -0.2) is 8.42 Å². The van der Waals surface area contributed by atoms with Crippen LogP contribution in [0.4, 0.5) is 0 Å². The Kier molecular flexibility index (Phi) is 5.73. The van der Waals surface area contributed by atoms with Crippen LogP contribution in [0.25, 0.3) is 0 Å². The van der Waals surface area contributed by atoms with Gasteiger partial charge in [-0.2, -0.15) is 9.57 Å². The molecule has 110 valence electrons. The molecule has 4 nitrogen and oxygen atoms in total. The first-order valence-corrected chi connectivity index (χ1v) is 8.31. The van der Waals surface area contributed by atoms with E-state index in [2.05, 4.69) is 0 Å². The summed E-state index contributed by atoms with van der Waals surface area (Å²) in [5.41, 5.74) is 1.04. The molecule has 0 fully saturated rings. The molecule has 1 aromatic carbocycles. The maximum atomic E-state index is 12.7. The predicted molar refractivity (Wildman–Crippen MR) is 79.8 cm³/mol. The Balaban J connectivity index is 3.24. The van der Waals surface area contributed by atoms with Gasteiger partial charge >= 0.3 is 0 Å². The number of nitriles is 1. The second-order valence-corrected chi connectivity index (χ2v) is 6.97. The van der Waals surface area contributed by atoms with Crippen molar-refractivity contribution in [1.82, 2.24) is 4.31 Å². The molecule has 0 aliphatic carbocycles. The van der Waals surface area contributed by atoms with Gasteiger partial charge in [-0.3, -0.25) is 0 Å². The van der Waals surface area contributed by atoms with Crippen molar-refractivity contribution < 1.29 is 8.42 Å². The fourth-order valence-electron chi connectivity index (χ4n) is 1.96. The number of hydrogen-bond donors (Lipinski definition) is 0. The van der Waals surface area contributed by atoms with Crippen molar-refractivity contribution in [3.8, 4) is 6.07 Å². The van der Waals surface area contributed by atoms with E-state index in [9.17, 15) is 8.42 Å². The molecule has 1 aromatic rings. The highest BCUT2D eigenvalue weighted by molar-refractivity contribution is 7.89. The van der Waals surface area contributed by atoms with Crippen LogP contribution in [0.15, 0.2) is 23.1 Å². The van der Waals surface area contributed by atoms with Crippen LogP contribution in [-0.4, -0.2) is 25.8 Å². The summed E-state index contributed by atoms with van der Waals surface area (Å²) in [6.45, 7) is 8.62. The summed E-state index contributed by atoms with van der Waals surface area (Å²) in [5, 5.41) is 8.94. The zero-order valence-corrected chi connectivity index (χ0v) is 13.4. The molecule has 0 aromatic heterocycles. The number of rotatable bonds is 6. The Hall–Kier alpha value is -1.38. The molecule has 0 saturated carbocycles. The van der Waals surface area contributed by atoms with Gasteiger partial charge in [0.25, 0.3) is 0 Å². The van der Waals surface area contributed by atoms with Crippen molar-refractivity contribution in [2.75, 3.05) is 13.1 Å². The molecule has 0 bridgehead atoms. The monoisotopic (exact) mass is 294 g/mol. The molecule has 0 heterocycles. The van der Waals surface area contributed by atoms with Gasteiger partial charge in [0.2, 0.25) is 10.0 Å². The minimum absolute atomic E-state index is 0.238. The first kappa shape index (κ1) is 16.7. The molecule has 0 saturated heterocycles. The predicted octanol–water partition coefficient (Wildman–Crippen LogP) is 2.92. The average molecular weight is 294 g/mol. The van der Waals surface area contributed by atoms with Crippen molar-refractivity contribution in [2.24, 2.45) is 5.92 Å². The number of nitrogens with zero attached hydrogens (tertiary/aromatic N) is 2. The fourth-order valence-corrected chi connectivity index (χ4v) is 3.78. The first-order valence-electron chi connectivity index (χ1n) is 6.87. The third-order valence-electron chi connectivity index (χ3n) is 3.50. The molecular weight excluding hydrogens is 272 g/mol. The summed E-state index contributed by atoms with van der Waals surface area (Å²) in [6.07, 6.45) is 0.934. The summed E-state index contributed by atoms with van der Waals surface area (Å²) in [5.74, 6) is 0.309. The molecule has 0 amide bonds. The normalized spacial score (nSPS) is 13.2. The second-order valence-electron chi connectivity index (χ2n) is 5.06. The van der Waals surface area contributed by atoms with Crippen molar-refractivity contribution in [3.63, 3.8) is 0 Å². The van der Waals surface area contributed by atoms with Crippen LogP contribution < -0.4 is 0 Å². The van der Waals surface area contributed by atoms with Crippen LogP contribution in [0.3, 0.4) is 0 Å². The largest absolute Gasteiger partial charge is 0.243 e. The van der Waals surface area contributed by atoms with E-state index < -0.39 is 10.0 Å². The summed E-state index contributed by atoms with van der Waals surface area (Å²) in [4.78, 5) is 0.238. The lowest BCUT2D eigenvalue weighted by Crippen LogP contribution is -2.35. The molecular formula is C15H22N2O2S. The average Bonchev–Trinajstić information content (AvgIpc) is 2.44. The van der Waals surface area contributed by atoms with Crippen LogP contribution >= 0.6 is 0 Å². The van der Waals surface area contributed by atoms with Crippen LogP contribution in [0.2, 0.25) is 0 Å². The Morgan fingerprint density at radius 3 is 2.50 bits per heavy atom. The van der Waals surface area contributed by atoms with E-state index in [0.29, 0.717) is 30.1 Å². The van der Waals surface area contributed by atoms with Crippen LogP contribution in [0, 0.1) is 24.2 Å². The van der Waals surface area contributed by atoms with Gasteiger partial charge < -0.3 is 0 Å². The topological polar surface area (TPSA) is 61.2 Å². The van der Waals surface area contributed by atoms with E-state index in [1.54, 1.807) is 19.1 Å². The van der Waals surface area contributed by atoms with E-state index in [-0.39, 0.29) is 4.90 Å². The molecule has 0 radical (unpaired) electrons. The lowest BCUT2D eigenvalue weighted by molar-refractivity contribution is 0.361. The zero-order chi connectivity index (χ0) is 15.3. The molecule has 1 unspecified atom stereocenters. The molecule has 20 heavy (non-hydrogen) atoms.